The molecule has 0 saturated heterocycles. The highest BCUT2D eigenvalue weighted by Gasteiger charge is 2.17. The molecule has 3 heterocycles. The van der Waals surface area contributed by atoms with Gasteiger partial charge in [0.05, 0.1) is 0 Å². The van der Waals surface area contributed by atoms with Crippen LogP contribution in [0.4, 0.5) is 0 Å². The van der Waals surface area contributed by atoms with Crippen molar-refractivity contribution >= 4 is 29.0 Å². The maximum Gasteiger partial charge on any atom is 0.201 e. The van der Waals surface area contributed by atoms with Crippen molar-refractivity contribution in [3.63, 3.8) is 0 Å². The molecule has 0 N–H and O–H groups in total. The molecule has 5 nitrogen and oxygen atoms in total. The summed E-state index contributed by atoms with van der Waals surface area (Å²) in [7, 11) is 0. The van der Waals surface area contributed by atoms with Gasteiger partial charge in [-0.2, -0.15) is 14.6 Å². The molecule has 19 heavy (non-hydrogen) atoms. The maximum atomic E-state index is 6.08. The predicted molar refractivity (Wildman–Crippen MR) is 74.7 cm³/mol. The summed E-state index contributed by atoms with van der Waals surface area (Å²) < 4.78 is 7.24. The quantitative estimate of drug-likeness (QED) is 0.678. The van der Waals surface area contributed by atoms with E-state index in [0.29, 0.717) is 27.5 Å². The SMILES string of the molecule is CSc1nc(-c2ccc(C)o2)n2nc(Cl)c(C)c2n1. The van der Waals surface area contributed by atoms with Crippen LogP contribution >= 0.6 is 23.4 Å². The second-order valence-electron chi connectivity index (χ2n) is 4.10. The minimum absolute atomic E-state index is 0.428. The molecule has 0 aromatic carbocycles. The first-order chi connectivity index (χ1) is 9.10. The van der Waals surface area contributed by atoms with Crippen molar-refractivity contribution in [2.75, 3.05) is 6.26 Å². The van der Waals surface area contributed by atoms with Crippen LogP contribution in [0.2, 0.25) is 5.15 Å². The minimum atomic E-state index is 0.428. The molecule has 98 valence electrons. The second-order valence-corrected chi connectivity index (χ2v) is 5.23. The van der Waals surface area contributed by atoms with Gasteiger partial charge in [-0.25, -0.2) is 4.98 Å². The van der Waals surface area contributed by atoms with Crippen molar-refractivity contribution in [1.29, 1.82) is 0 Å². The first kappa shape index (κ1) is 12.5. The van der Waals surface area contributed by atoms with Crippen LogP contribution in [0.15, 0.2) is 21.7 Å². The van der Waals surface area contributed by atoms with Crippen molar-refractivity contribution in [1.82, 2.24) is 19.6 Å². The lowest BCUT2D eigenvalue weighted by Gasteiger charge is -2.03. The zero-order valence-electron chi connectivity index (χ0n) is 10.6. The van der Waals surface area contributed by atoms with E-state index in [0.717, 1.165) is 11.3 Å². The number of fused-ring (bicyclic) bond motifs is 1. The molecule has 3 aromatic heterocycles. The van der Waals surface area contributed by atoms with E-state index in [2.05, 4.69) is 15.1 Å². The fourth-order valence-corrected chi connectivity index (χ4v) is 2.31. The molecule has 3 aromatic rings. The highest BCUT2D eigenvalue weighted by Crippen LogP contribution is 2.26. The number of rotatable bonds is 2. The standard InChI is InChI=1S/C12H11ClN4OS/c1-6-4-5-8(18-6)11-15-12(19-3)14-10-7(2)9(13)16-17(10)11/h4-5H,1-3H3. The topological polar surface area (TPSA) is 56.2 Å². The van der Waals surface area contributed by atoms with E-state index >= 15 is 0 Å². The summed E-state index contributed by atoms with van der Waals surface area (Å²) in [5.74, 6) is 2.08. The maximum absolute atomic E-state index is 6.08. The monoisotopic (exact) mass is 294 g/mol. The predicted octanol–water partition coefficient (Wildman–Crippen LogP) is 3.38. The van der Waals surface area contributed by atoms with E-state index in [1.54, 1.807) is 4.52 Å². The lowest BCUT2D eigenvalue weighted by Crippen LogP contribution is -2.01. The number of thioether (sulfide) groups is 1. The molecule has 0 unspecified atom stereocenters. The summed E-state index contributed by atoms with van der Waals surface area (Å²) in [6, 6.07) is 3.76. The Kier molecular flexibility index (Phi) is 2.99. The van der Waals surface area contributed by atoms with E-state index in [-0.39, 0.29) is 0 Å². The van der Waals surface area contributed by atoms with Gasteiger partial charge in [-0.1, -0.05) is 23.4 Å². The molecule has 0 aliphatic heterocycles. The third kappa shape index (κ3) is 2.01. The minimum Gasteiger partial charge on any atom is -0.458 e. The van der Waals surface area contributed by atoms with Crippen molar-refractivity contribution in [3.05, 3.63) is 28.6 Å². The highest BCUT2D eigenvalue weighted by molar-refractivity contribution is 7.98. The highest BCUT2D eigenvalue weighted by atomic mass is 35.5. The van der Waals surface area contributed by atoms with Gasteiger partial charge >= 0.3 is 0 Å². The van der Waals surface area contributed by atoms with Gasteiger partial charge in [-0.3, -0.25) is 0 Å². The number of halogens is 1. The lowest BCUT2D eigenvalue weighted by molar-refractivity contribution is 0.540. The van der Waals surface area contributed by atoms with Crippen molar-refractivity contribution in [3.8, 4) is 11.6 Å². The summed E-state index contributed by atoms with van der Waals surface area (Å²) in [5, 5.41) is 5.35. The molecule has 0 spiro atoms. The second kappa shape index (κ2) is 4.54. The van der Waals surface area contributed by atoms with E-state index in [1.807, 2.05) is 32.2 Å². The van der Waals surface area contributed by atoms with Crippen LogP contribution in [0.1, 0.15) is 11.3 Å². The zero-order chi connectivity index (χ0) is 13.6. The summed E-state index contributed by atoms with van der Waals surface area (Å²) in [4.78, 5) is 8.89. The molecular weight excluding hydrogens is 284 g/mol. The number of hydrogen-bond acceptors (Lipinski definition) is 5. The Hall–Kier alpha value is -1.53. The van der Waals surface area contributed by atoms with Crippen molar-refractivity contribution < 1.29 is 4.42 Å². The summed E-state index contributed by atoms with van der Waals surface area (Å²) in [5.41, 5.74) is 1.54. The van der Waals surface area contributed by atoms with Crippen LogP contribution < -0.4 is 0 Å². The van der Waals surface area contributed by atoms with Crippen LogP contribution in [-0.4, -0.2) is 25.8 Å². The van der Waals surface area contributed by atoms with Crippen molar-refractivity contribution in [2.24, 2.45) is 0 Å². The molecular formula is C12H11ClN4OS. The number of hydrogen-bond donors (Lipinski definition) is 0. The average Bonchev–Trinajstić information content (AvgIpc) is 2.95. The Labute approximate surface area is 119 Å². The Bertz CT molecular complexity index is 765. The van der Waals surface area contributed by atoms with Gasteiger partial charge in [0.2, 0.25) is 5.82 Å². The molecule has 0 atom stereocenters. The normalized spacial score (nSPS) is 11.4. The summed E-state index contributed by atoms with van der Waals surface area (Å²) in [6.45, 7) is 3.78. The Morgan fingerprint density at radius 3 is 2.68 bits per heavy atom. The van der Waals surface area contributed by atoms with E-state index in [9.17, 15) is 0 Å². The van der Waals surface area contributed by atoms with Crippen LogP contribution in [0.25, 0.3) is 17.2 Å². The van der Waals surface area contributed by atoms with Crippen LogP contribution in [0.3, 0.4) is 0 Å². The van der Waals surface area contributed by atoms with Gasteiger partial charge in [0.25, 0.3) is 0 Å². The van der Waals surface area contributed by atoms with Crippen LogP contribution in [0, 0.1) is 13.8 Å². The molecule has 0 radical (unpaired) electrons. The molecule has 0 fully saturated rings. The van der Waals surface area contributed by atoms with Gasteiger partial charge in [0.15, 0.2) is 21.7 Å². The average molecular weight is 295 g/mol. The molecule has 0 bridgehead atoms. The fourth-order valence-electron chi connectivity index (χ4n) is 1.80. The van der Waals surface area contributed by atoms with Gasteiger partial charge in [0, 0.05) is 5.56 Å². The van der Waals surface area contributed by atoms with E-state index in [4.69, 9.17) is 16.0 Å². The van der Waals surface area contributed by atoms with Gasteiger partial charge in [0.1, 0.15) is 5.76 Å². The lowest BCUT2D eigenvalue weighted by atomic mass is 10.4. The van der Waals surface area contributed by atoms with E-state index in [1.165, 1.54) is 11.8 Å². The number of nitrogens with zero attached hydrogens (tertiary/aromatic N) is 4. The Morgan fingerprint density at radius 2 is 2.05 bits per heavy atom. The number of furan rings is 1. The number of aryl methyl sites for hydroxylation is 2. The van der Waals surface area contributed by atoms with E-state index < -0.39 is 0 Å². The molecule has 3 rings (SSSR count). The summed E-state index contributed by atoms with van der Waals surface area (Å²) in [6.07, 6.45) is 1.93. The fraction of sp³-hybridized carbons (Fsp3) is 0.250. The smallest absolute Gasteiger partial charge is 0.201 e. The Morgan fingerprint density at radius 1 is 1.26 bits per heavy atom. The molecule has 0 saturated carbocycles. The third-order valence-corrected chi connectivity index (χ3v) is 3.69. The van der Waals surface area contributed by atoms with Crippen LogP contribution in [-0.2, 0) is 0 Å². The summed E-state index contributed by atoms with van der Waals surface area (Å²) >= 11 is 7.54. The van der Waals surface area contributed by atoms with Gasteiger partial charge < -0.3 is 4.42 Å². The zero-order valence-corrected chi connectivity index (χ0v) is 12.2. The molecule has 0 aliphatic carbocycles. The first-order valence-electron chi connectivity index (χ1n) is 5.64. The van der Waals surface area contributed by atoms with Gasteiger partial charge in [-0.15, -0.1) is 0 Å². The van der Waals surface area contributed by atoms with Crippen LogP contribution in [0.5, 0.6) is 0 Å². The molecule has 0 amide bonds. The van der Waals surface area contributed by atoms with Gasteiger partial charge in [-0.05, 0) is 32.2 Å². The molecule has 7 heteroatoms. The molecule has 0 aliphatic rings. The number of aromatic nitrogens is 4. The Balaban J connectivity index is 2.36. The largest absolute Gasteiger partial charge is 0.458 e. The first-order valence-corrected chi connectivity index (χ1v) is 7.24. The third-order valence-electron chi connectivity index (χ3n) is 2.78. The van der Waals surface area contributed by atoms with Crippen molar-refractivity contribution in [2.45, 2.75) is 19.0 Å².